The monoisotopic (exact) mass is 486 g/mol. The molecule has 0 saturated carbocycles. The quantitative estimate of drug-likeness (QED) is 0.326. The van der Waals surface area contributed by atoms with Gasteiger partial charge in [0.2, 0.25) is 6.79 Å². The van der Waals surface area contributed by atoms with Crippen molar-refractivity contribution < 1.29 is 14.2 Å². The van der Waals surface area contributed by atoms with Crippen LogP contribution in [0.1, 0.15) is 44.2 Å². The molecule has 5 nitrogen and oxygen atoms in total. The molecule has 2 aliphatic heterocycles. The summed E-state index contributed by atoms with van der Waals surface area (Å²) in [6.45, 7) is 9.76. The van der Waals surface area contributed by atoms with E-state index in [0.717, 1.165) is 43.4 Å². The molecule has 1 saturated heterocycles. The number of nitrogens with zero attached hydrogens (tertiary/aromatic N) is 2. The number of anilines is 1. The third-order valence-corrected chi connectivity index (χ3v) is 7.13. The van der Waals surface area contributed by atoms with Gasteiger partial charge in [0.05, 0.1) is 0 Å². The van der Waals surface area contributed by atoms with Gasteiger partial charge in [0.1, 0.15) is 12.4 Å². The van der Waals surface area contributed by atoms with Crippen LogP contribution in [0.2, 0.25) is 0 Å². The standard InChI is InChI=1S/C31H38N2O3/c1-24(2)16-18-33(27-11-13-29(14-12-27)34-22-25-7-4-3-5-8-25)28-9-6-17-32(21-28)20-26-10-15-30-31(19-26)36-23-35-30/h3-5,7-8,10-15,19,24,28H,6,9,16-18,20-23H2,1-2H3. The van der Waals surface area contributed by atoms with Crippen LogP contribution in [-0.2, 0) is 13.2 Å². The smallest absolute Gasteiger partial charge is 0.231 e. The Morgan fingerprint density at radius 2 is 1.75 bits per heavy atom. The second kappa shape index (κ2) is 11.7. The predicted octanol–water partition coefficient (Wildman–Crippen LogP) is 6.51. The van der Waals surface area contributed by atoms with Crippen LogP contribution in [0.4, 0.5) is 5.69 Å². The van der Waals surface area contributed by atoms with E-state index in [1.54, 1.807) is 0 Å². The Bertz CT molecular complexity index is 1100. The van der Waals surface area contributed by atoms with Gasteiger partial charge in [-0.2, -0.15) is 0 Å². The molecular formula is C31H38N2O3. The molecule has 0 bridgehead atoms. The minimum absolute atomic E-state index is 0.325. The Kier molecular flexibility index (Phi) is 7.97. The van der Waals surface area contributed by atoms with Crippen molar-refractivity contribution in [2.75, 3.05) is 31.3 Å². The fourth-order valence-corrected chi connectivity index (χ4v) is 5.12. The summed E-state index contributed by atoms with van der Waals surface area (Å²) in [4.78, 5) is 5.22. The van der Waals surface area contributed by atoms with Gasteiger partial charge in [-0.3, -0.25) is 4.90 Å². The highest BCUT2D eigenvalue weighted by Crippen LogP contribution is 2.33. The van der Waals surface area contributed by atoms with Crippen molar-refractivity contribution in [3.8, 4) is 17.2 Å². The van der Waals surface area contributed by atoms with Gasteiger partial charge >= 0.3 is 0 Å². The number of hydrogen-bond acceptors (Lipinski definition) is 5. The van der Waals surface area contributed by atoms with Gasteiger partial charge in [0.15, 0.2) is 11.5 Å². The Balaban J connectivity index is 1.24. The summed E-state index contributed by atoms with van der Waals surface area (Å²) in [6.07, 6.45) is 3.62. The topological polar surface area (TPSA) is 34.2 Å². The number of benzene rings is 3. The van der Waals surface area contributed by atoms with E-state index in [1.807, 2.05) is 24.3 Å². The summed E-state index contributed by atoms with van der Waals surface area (Å²) in [5.41, 5.74) is 3.76. The Hall–Kier alpha value is -3.18. The molecule has 0 aliphatic carbocycles. The highest BCUT2D eigenvalue weighted by atomic mass is 16.7. The number of hydrogen-bond donors (Lipinski definition) is 0. The fourth-order valence-electron chi connectivity index (χ4n) is 5.12. The van der Waals surface area contributed by atoms with Crippen molar-refractivity contribution >= 4 is 5.69 Å². The first-order chi connectivity index (χ1) is 17.6. The molecule has 5 heteroatoms. The van der Waals surface area contributed by atoms with Gasteiger partial charge in [0.25, 0.3) is 0 Å². The first-order valence-corrected chi connectivity index (χ1v) is 13.3. The van der Waals surface area contributed by atoms with E-state index in [-0.39, 0.29) is 0 Å². The highest BCUT2D eigenvalue weighted by Gasteiger charge is 2.26. The first kappa shape index (κ1) is 24.5. The molecule has 0 N–H and O–H groups in total. The molecule has 3 aromatic carbocycles. The summed E-state index contributed by atoms with van der Waals surface area (Å²) in [7, 11) is 0. The zero-order valence-corrected chi connectivity index (χ0v) is 21.6. The van der Waals surface area contributed by atoms with Crippen LogP contribution in [0.25, 0.3) is 0 Å². The number of likely N-dealkylation sites (tertiary alicyclic amines) is 1. The molecule has 0 spiro atoms. The van der Waals surface area contributed by atoms with Crippen LogP contribution in [0, 0.1) is 5.92 Å². The van der Waals surface area contributed by atoms with E-state index in [4.69, 9.17) is 14.2 Å². The zero-order valence-electron chi connectivity index (χ0n) is 21.6. The van der Waals surface area contributed by atoms with Crippen LogP contribution in [-0.4, -0.2) is 37.4 Å². The molecule has 0 radical (unpaired) electrons. The number of piperidine rings is 1. The lowest BCUT2D eigenvalue weighted by Crippen LogP contribution is -2.48. The molecule has 2 heterocycles. The number of rotatable bonds is 10. The van der Waals surface area contributed by atoms with Gasteiger partial charge in [0, 0.05) is 31.4 Å². The number of fused-ring (bicyclic) bond motifs is 1. The van der Waals surface area contributed by atoms with Crippen molar-refractivity contribution in [3.05, 3.63) is 83.9 Å². The van der Waals surface area contributed by atoms with Crippen molar-refractivity contribution in [1.29, 1.82) is 0 Å². The molecule has 36 heavy (non-hydrogen) atoms. The minimum Gasteiger partial charge on any atom is -0.489 e. The van der Waals surface area contributed by atoms with Gasteiger partial charge in [-0.15, -0.1) is 0 Å². The van der Waals surface area contributed by atoms with Gasteiger partial charge in [-0.25, -0.2) is 0 Å². The largest absolute Gasteiger partial charge is 0.489 e. The van der Waals surface area contributed by atoms with Crippen LogP contribution < -0.4 is 19.1 Å². The van der Waals surface area contributed by atoms with Crippen molar-refractivity contribution in [1.82, 2.24) is 4.90 Å². The third-order valence-electron chi connectivity index (χ3n) is 7.13. The minimum atomic E-state index is 0.325. The van der Waals surface area contributed by atoms with Gasteiger partial charge < -0.3 is 19.1 Å². The second-order valence-electron chi connectivity index (χ2n) is 10.4. The molecule has 190 valence electrons. The molecule has 1 unspecified atom stereocenters. The Labute approximate surface area is 215 Å². The Morgan fingerprint density at radius 3 is 2.56 bits per heavy atom. The lowest BCUT2D eigenvalue weighted by molar-refractivity contribution is 0.173. The maximum absolute atomic E-state index is 6.04. The zero-order chi connectivity index (χ0) is 24.7. The van der Waals surface area contributed by atoms with Crippen molar-refractivity contribution in [3.63, 3.8) is 0 Å². The maximum Gasteiger partial charge on any atom is 0.231 e. The van der Waals surface area contributed by atoms with E-state index in [1.165, 1.54) is 36.1 Å². The molecule has 5 rings (SSSR count). The summed E-state index contributed by atoms with van der Waals surface area (Å²) in [5.74, 6) is 3.31. The first-order valence-electron chi connectivity index (χ1n) is 13.3. The summed E-state index contributed by atoms with van der Waals surface area (Å²) >= 11 is 0. The van der Waals surface area contributed by atoms with Crippen molar-refractivity contribution in [2.24, 2.45) is 5.92 Å². The van der Waals surface area contributed by atoms with Crippen molar-refractivity contribution in [2.45, 2.75) is 52.3 Å². The van der Waals surface area contributed by atoms with Gasteiger partial charge in [-0.05, 0) is 79.3 Å². The molecule has 3 aromatic rings. The maximum atomic E-state index is 6.04. The van der Waals surface area contributed by atoms with Crippen LogP contribution in [0.3, 0.4) is 0 Å². The van der Waals surface area contributed by atoms with E-state index < -0.39 is 0 Å². The SMILES string of the molecule is CC(C)CCN(c1ccc(OCc2ccccc2)cc1)C1CCCN(Cc2ccc3c(c2)OCO3)C1. The lowest BCUT2D eigenvalue weighted by atomic mass is 10.0. The normalized spacial score (nSPS) is 17.4. The van der Waals surface area contributed by atoms with Crippen LogP contribution in [0.5, 0.6) is 17.2 Å². The Morgan fingerprint density at radius 1 is 0.944 bits per heavy atom. The summed E-state index contributed by atoms with van der Waals surface area (Å²) in [6, 6.07) is 25.9. The number of ether oxygens (including phenoxy) is 3. The third kappa shape index (κ3) is 6.33. The van der Waals surface area contributed by atoms with E-state index in [0.29, 0.717) is 25.4 Å². The second-order valence-corrected chi connectivity index (χ2v) is 10.4. The van der Waals surface area contributed by atoms with Crippen LogP contribution in [0.15, 0.2) is 72.8 Å². The average Bonchev–Trinajstić information content (AvgIpc) is 3.37. The predicted molar refractivity (Wildman–Crippen MR) is 145 cm³/mol. The van der Waals surface area contributed by atoms with E-state index >= 15 is 0 Å². The average molecular weight is 487 g/mol. The van der Waals surface area contributed by atoms with Gasteiger partial charge in [-0.1, -0.05) is 50.2 Å². The summed E-state index contributed by atoms with van der Waals surface area (Å²) in [5, 5.41) is 0. The summed E-state index contributed by atoms with van der Waals surface area (Å²) < 4.78 is 17.1. The molecule has 0 aromatic heterocycles. The molecule has 1 fully saturated rings. The lowest BCUT2D eigenvalue weighted by Gasteiger charge is -2.41. The molecule has 2 aliphatic rings. The van der Waals surface area contributed by atoms with Crippen LogP contribution >= 0.6 is 0 Å². The van der Waals surface area contributed by atoms with E-state index in [2.05, 4.69) is 72.2 Å². The molecular weight excluding hydrogens is 448 g/mol. The van der Waals surface area contributed by atoms with E-state index in [9.17, 15) is 0 Å². The highest BCUT2D eigenvalue weighted by molar-refractivity contribution is 5.50. The molecule has 0 amide bonds. The fraction of sp³-hybridized carbons (Fsp3) is 0.419. The molecule has 1 atom stereocenters.